The molecule has 0 aromatic rings. The summed E-state index contributed by atoms with van der Waals surface area (Å²) < 4.78 is 0. The van der Waals surface area contributed by atoms with Crippen molar-refractivity contribution in [1.29, 1.82) is 0 Å². The van der Waals surface area contributed by atoms with E-state index in [0.717, 1.165) is 11.8 Å². The highest BCUT2D eigenvalue weighted by atomic mass is 14.7. The van der Waals surface area contributed by atoms with Gasteiger partial charge in [0.25, 0.3) is 0 Å². The molecule has 10 heavy (non-hydrogen) atoms. The molecule has 1 unspecified atom stereocenters. The van der Waals surface area contributed by atoms with Crippen LogP contribution in [0.1, 0.15) is 39.5 Å². The molecule has 1 rings (SSSR count). The van der Waals surface area contributed by atoms with Gasteiger partial charge in [0.2, 0.25) is 0 Å². The Morgan fingerprint density at radius 1 is 1.40 bits per heavy atom. The maximum absolute atomic E-state index is 6.03. The highest BCUT2D eigenvalue weighted by molar-refractivity contribution is 4.81. The van der Waals surface area contributed by atoms with Crippen molar-refractivity contribution >= 4 is 0 Å². The van der Waals surface area contributed by atoms with Gasteiger partial charge in [0, 0.05) is 6.04 Å². The molecule has 1 saturated carbocycles. The SMILES string of the molecule is CC[C@@H]1CCC[C@H](C)C1N. The summed E-state index contributed by atoms with van der Waals surface area (Å²) in [5, 5.41) is 0. The van der Waals surface area contributed by atoms with Crippen LogP contribution in [0, 0.1) is 11.8 Å². The molecule has 0 saturated heterocycles. The maximum Gasteiger partial charge on any atom is 0.00928 e. The van der Waals surface area contributed by atoms with Crippen LogP contribution in [0.4, 0.5) is 0 Å². The average molecular weight is 141 g/mol. The van der Waals surface area contributed by atoms with Crippen LogP contribution in [-0.2, 0) is 0 Å². The molecule has 0 bridgehead atoms. The second kappa shape index (κ2) is 3.38. The Morgan fingerprint density at radius 3 is 2.60 bits per heavy atom. The second-order valence-electron chi connectivity index (χ2n) is 3.65. The van der Waals surface area contributed by atoms with Crippen molar-refractivity contribution < 1.29 is 0 Å². The number of rotatable bonds is 1. The van der Waals surface area contributed by atoms with Gasteiger partial charge in [0.1, 0.15) is 0 Å². The average Bonchev–Trinajstić information content (AvgIpc) is 1.95. The van der Waals surface area contributed by atoms with E-state index in [1.54, 1.807) is 0 Å². The third-order valence-electron chi connectivity index (χ3n) is 2.96. The Bertz CT molecular complexity index is 101. The molecular weight excluding hydrogens is 122 g/mol. The van der Waals surface area contributed by atoms with Gasteiger partial charge >= 0.3 is 0 Å². The fourth-order valence-electron chi connectivity index (χ4n) is 2.03. The van der Waals surface area contributed by atoms with Crippen LogP contribution >= 0.6 is 0 Å². The molecule has 0 aromatic carbocycles. The summed E-state index contributed by atoms with van der Waals surface area (Å²) in [6, 6.07) is 0.485. The highest BCUT2D eigenvalue weighted by Crippen LogP contribution is 2.29. The van der Waals surface area contributed by atoms with E-state index in [4.69, 9.17) is 5.73 Å². The van der Waals surface area contributed by atoms with Crippen molar-refractivity contribution in [1.82, 2.24) is 0 Å². The van der Waals surface area contributed by atoms with Crippen molar-refractivity contribution in [2.75, 3.05) is 0 Å². The lowest BCUT2D eigenvalue weighted by atomic mass is 9.77. The molecule has 1 fully saturated rings. The highest BCUT2D eigenvalue weighted by Gasteiger charge is 2.25. The Morgan fingerprint density at radius 2 is 2.10 bits per heavy atom. The van der Waals surface area contributed by atoms with Crippen molar-refractivity contribution in [3.05, 3.63) is 0 Å². The first-order chi connectivity index (χ1) is 4.75. The Hall–Kier alpha value is -0.0400. The van der Waals surface area contributed by atoms with E-state index in [9.17, 15) is 0 Å². The summed E-state index contributed by atoms with van der Waals surface area (Å²) in [5.41, 5.74) is 6.03. The first kappa shape index (κ1) is 8.06. The minimum absolute atomic E-state index is 0.485. The number of nitrogens with two attached hydrogens (primary N) is 1. The molecule has 3 atom stereocenters. The Balaban J connectivity index is 2.42. The molecule has 2 N–H and O–H groups in total. The van der Waals surface area contributed by atoms with E-state index < -0.39 is 0 Å². The van der Waals surface area contributed by atoms with E-state index in [1.807, 2.05) is 0 Å². The summed E-state index contributed by atoms with van der Waals surface area (Å²) >= 11 is 0. The summed E-state index contributed by atoms with van der Waals surface area (Å²) in [7, 11) is 0. The largest absolute Gasteiger partial charge is 0.327 e. The van der Waals surface area contributed by atoms with E-state index >= 15 is 0 Å². The normalized spacial score (nSPS) is 41.7. The fraction of sp³-hybridized carbons (Fsp3) is 1.00. The molecule has 0 radical (unpaired) electrons. The molecule has 1 aliphatic rings. The molecule has 1 aliphatic carbocycles. The van der Waals surface area contributed by atoms with Gasteiger partial charge in [-0.1, -0.05) is 26.7 Å². The zero-order chi connectivity index (χ0) is 7.56. The van der Waals surface area contributed by atoms with E-state index in [-0.39, 0.29) is 0 Å². The van der Waals surface area contributed by atoms with Crippen molar-refractivity contribution in [3.63, 3.8) is 0 Å². The van der Waals surface area contributed by atoms with Crippen LogP contribution in [-0.4, -0.2) is 6.04 Å². The second-order valence-corrected chi connectivity index (χ2v) is 3.65. The predicted molar refractivity (Wildman–Crippen MR) is 44.8 cm³/mol. The summed E-state index contributed by atoms with van der Waals surface area (Å²) in [5.74, 6) is 1.57. The number of hydrogen-bond donors (Lipinski definition) is 1. The maximum atomic E-state index is 6.03. The van der Waals surface area contributed by atoms with Crippen LogP contribution in [0.3, 0.4) is 0 Å². The summed E-state index contributed by atoms with van der Waals surface area (Å²) in [4.78, 5) is 0. The standard InChI is InChI=1S/C9H19N/c1-3-8-6-4-5-7(2)9(8)10/h7-9H,3-6,10H2,1-2H3/t7-,8+,9?/m0/s1. The lowest BCUT2D eigenvalue weighted by Crippen LogP contribution is -2.39. The molecule has 0 heterocycles. The molecule has 0 spiro atoms. The van der Waals surface area contributed by atoms with Gasteiger partial charge in [-0.2, -0.15) is 0 Å². The lowest BCUT2D eigenvalue weighted by Gasteiger charge is -2.33. The Labute approximate surface area is 64.0 Å². The molecular formula is C9H19N. The van der Waals surface area contributed by atoms with Gasteiger partial charge in [-0.05, 0) is 24.7 Å². The summed E-state index contributed by atoms with van der Waals surface area (Å²) in [6.45, 7) is 4.54. The first-order valence-corrected chi connectivity index (χ1v) is 4.51. The van der Waals surface area contributed by atoms with Gasteiger partial charge in [0.15, 0.2) is 0 Å². The van der Waals surface area contributed by atoms with Crippen molar-refractivity contribution in [2.45, 2.75) is 45.6 Å². The number of hydrogen-bond acceptors (Lipinski definition) is 1. The smallest absolute Gasteiger partial charge is 0.00928 e. The topological polar surface area (TPSA) is 26.0 Å². The van der Waals surface area contributed by atoms with Gasteiger partial charge in [0.05, 0.1) is 0 Å². The summed E-state index contributed by atoms with van der Waals surface area (Å²) in [6.07, 6.45) is 5.37. The van der Waals surface area contributed by atoms with Crippen LogP contribution in [0.2, 0.25) is 0 Å². The van der Waals surface area contributed by atoms with Gasteiger partial charge in [-0.15, -0.1) is 0 Å². The van der Waals surface area contributed by atoms with Crippen LogP contribution in [0.5, 0.6) is 0 Å². The lowest BCUT2D eigenvalue weighted by molar-refractivity contribution is 0.229. The quantitative estimate of drug-likeness (QED) is 0.595. The molecule has 60 valence electrons. The molecule has 0 amide bonds. The van der Waals surface area contributed by atoms with Crippen molar-refractivity contribution in [2.24, 2.45) is 17.6 Å². The van der Waals surface area contributed by atoms with Gasteiger partial charge < -0.3 is 5.73 Å². The minimum Gasteiger partial charge on any atom is -0.327 e. The Kier molecular flexibility index (Phi) is 2.72. The zero-order valence-electron chi connectivity index (χ0n) is 7.14. The zero-order valence-corrected chi connectivity index (χ0v) is 7.14. The first-order valence-electron chi connectivity index (χ1n) is 4.51. The van der Waals surface area contributed by atoms with Crippen LogP contribution in [0.15, 0.2) is 0 Å². The van der Waals surface area contributed by atoms with Gasteiger partial charge in [-0.3, -0.25) is 0 Å². The monoisotopic (exact) mass is 141 g/mol. The van der Waals surface area contributed by atoms with Gasteiger partial charge in [-0.25, -0.2) is 0 Å². The minimum atomic E-state index is 0.485. The van der Waals surface area contributed by atoms with E-state index in [1.165, 1.54) is 25.7 Å². The van der Waals surface area contributed by atoms with E-state index in [0.29, 0.717) is 6.04 Å². The van der Waals surface area contributed by atoms with Crippen LogP contribution in [0.25, 0.3) is 0 Å². The molecule has 0 aliphatic heterocycles. The predicted octanol–water partition coefficient (Wildman–Crippen LogP) is 2.16. The molecule has 0 aromatic heterocycles. The fourth-order valence-corrected chi connectivity index (χ4v) is 2.03. The molecule has 1 nitrogen and oxygen atoms in total. The third-order valence-corrected chi connectivity index (χ3v) is 2.96. The van der Waals surface area contributed by atoms with Crippen LogP contribution < -0.4 is 5.73 Å². The van der Waals surface area contributed by atoms with E-state index in [2.05, 4.69) is 13.8 Å². The molecule has 1 heteroatoms. The van der Waals surface area contributed by atoms with Crippen molar-refractivity contribution in [3.8, 4) is 0 Å². The third kappa shape index (κ3) is 1.51.